The summed E-state index contributed by atoms with van der Waals surface area (Å²) < 4.78 is 0. The summed E-state index contributed by atoms with van der Waals surface area (Å²) >= 11 is 6.02. The minimum atomic E-state index is -0.221. The predicted molar refractivity (Wildman–Crippen MR) is 83.0 cm³/mol. The molecule has 1 aromatic carbocycles. The normalized spacial score (nSPS) is 14.1. The number of amides is 1. The summed E-state index contributed by atoms with van der Waals surface area (Å²) in [5.41, 5.74) is 0.934. The van der Waals surface area contributed by atoms with Gasteiger partial charge in [0.05, 0.1) is 5.92 Å². The van der Waals surface area contributed by atoms with Gasteiger partial charge in [0.15, 0.2) is 0 Å². The molecule has 1 aromatic rings. The lowest BCUT2D eigenvalue weighted by Gasteiger charge is -2.24. The molecule has 4 heteroatoms. The number of rotatable bonds is 7. The van der Waals surface area contributed by atoms with Crippen molar-refractivity contribution in [2.75, 3.05) is 6.61 Å². The molecule has 0 fully saturated rings. The van der Waals surface area contributed by atoms with Gasteiger partial charge in [0.25, 0.3) is 0 Å². The number of carbonyl (C=O) groups is 1. The zero-order valence-electron chi connectivity index (χ0n) is 12.4. The van der Waals surface area contributed by atoms with Crippen molar-refractivity contribution in [3.05, 3.63) is 34.9 Å². The topological polar surface area (TPSA) is 49.3 Å². The summed E-state index contributed by atoms with van der Waals surface area (Å²) in [5, 5.41) is 12.7. The summed E-state index contributed by atoms with van der Waals surface area (Å²) in [6.07, 6.45) is 1.40. The molecule has 0 aliphatic heterocycles. The molecule has 0 spiro atoms. The largest absolute Gasteiger partial charge is 0.396 e. The molecular weight excluding hydrogens is 274 g/mol. The molecule has 1 amide bonds. The lowest BCUT2D eigenvalue weighted by molar-refractivity contribution is -0.124. The van der Waals surface area contributed by atoms with Gasteiger partial charge >= 0.3 is 0 Å². The molecule has 0 radical (unpaired) electrons. The van der Waals surface area contributed by atoms with Gasteiger partial charge < -0.3 is 10.4 Å². The molecule has 2 atom stereocenters. The van der Waals surface area contributed by atoms with Crippen molar-refractivity contribution in [2.24, 2.45) is 5.92 Å². The van der Waals surface area contributed by atoms with Crippen LogP contribution in [0.25, 0.3) is 0 Å². The highest BCUT2D eigenvalue weighted by molar-refractivity contribution is 6.30. The highest BCUT2D eigenvalue weighted by Crippen LogP contribution is 2.27. The molecule has 1 rings (SSSR count). The van der Waals surface area contributed by atoms with Crippen LogP contribution >= 0.6 is 11.6 Å². The van der Waals surface area contributed by atoms with Crippen LogP contribution in [0.3, 0.4) is 0 Å². The van der Waals surface area contributed by atoms with E-state index < -0.39 is 0 Å². The average Bonchev–Trinajstić information content (AvgIpc) is 2.38. The zero-order valence-corrected chi connectivity index (χ0v) is 13.2. The van der Waals surface area contributed by atoms with Crippen LogP contribution in [0, 0.1) is 5.92 Å². The van der Waals surface area contributed by atoms with E-state index in [0.717, 1.165) is 12.0 Å². The van der Waals surface area contributed by atoms with Crippen LogP contribution in [0.1, 0.15) is 45.1 Å². The SMILES string of the molecule is CCC(CCO)NC(=O)C(c1cccc(Cl)c1)C(C)C. The third-order valence-electron chi connectivity index (χ3n) is 3.47. The second kappa shape index (κ2) is 8.28. The van der Waals surface area contributed by atoms with Crippen LogP contribution in [-0.4, -0.2) is 23.7 Å². The molecule has 0 saturated heterocycles. The van der Waals surface area contributed by atoms with E-state index in [1.54, 1.807) is 6.07 Å². The number of benzene rings is 1. The summed E-state index contributed by atoms with van der Waals surface area (Å²) in [5.74, 6) is -0.0379. The maximum absolute atomic E-state index is 12.5. The van der Waals surface area contributed by atoms with E-state index in [2.05, 4.69) is 5.32 Å². The Morgan fingerprint density at radius 2 is 2.10 bits per heavy atom. The van der Waals surface area contributed by atoms with E-state index in [4.69, 9.17) is 16.7 Å². The highest BCUT2D eigenvalue weighted by atomic mass is 35.5. The Kier molecular flexibility index (Phi) is 7.03. The van der Waals surface area contributed by atoms with Gasteiger partial charge in [-0.25, -0.2) is 0 Å². The second-order valence-electron chi connectivity index (χ2n) is 5.40. The first kappa shape index (κ1) is 17.0. The minimum Gasteiger partial charge on any atom is -0.396 e. The molecule has 0 aromatic heterocycles. The van der Waals surface area contributed by atoms with Gasteiger partial charge in [-0.05, 0) is 36.5 Å². The third kappa shape index (κ3) is 4.80. The summed E-state index contributed by atoms with van der Waals surface area (Å²) in [6, 6.07) is 7.47. The van der Waals surface area contributed by atoms with Crippen molar-refractivity contribution in [3.63, 3.8) is 0 Å². The van der Waals surface area contributed by atoms with E-state index in [1.165, 1.54) is 0 Å². The number of aliphatic hydroxyl groups is 1. The van der Waals surface area contributed by atoms with Crippen LogP contribution in [0.4, 0.5) is 0 Å². The molecule has 0 heterocycles. The first-order chi connectivity index (χ1) is 9.49. The molecule has 112 valence electrons. The fraction of sp³-hybridized carbons (Fsp3) is 0.562. The number of hydrogen-bond donors (Lipinski definition) is 2. The maximum atomic E-state index is 12.5. The Morgan fingerprint density at radius 1 is 1.40 bits per heavy atom. The molecule has 3 nitrogen and oxygen atoms in total. The van der Waals surface area contributed by atoms with Gasteiger partial charge in [0, 0.05) is 17.7 Å². The molecule has 0 aliphatic carbocycles. The summed E-state index contributed by atoms with van der Waals surface area (Å²) in [6.45, 7) is 6.14. The molecule has 2 N–H and O–H groups in total. The zero-order chi connectivity index (χ0) is 15.1. The molecule has 0 saturated carbocycles. The van der Waals surface area contributed by atoms with Crippen molar-refractivity contribution in [1.82, 2.24) is 5.32 Å². The number of aliphatic hydroxyl groups excluding tert-OH is 1. The Balaban J connectivity index is 2.88. The number of halogens is 1. The maximum Gasteiger partial charge on any atom is 0.228 e. The van der Waals surface area contributed by atoms with Gasteiger partial charge in [0.2, 0.25) is 5.91 Å². The van der Waals surface area contributed by atoms with E-state index in [1.807, 2.05) is 39.0 Å². The van der Waals surface area contributed by atoms with Gasteiger partial charge in [-0.2, -0.15) is 0 Å². The van der Waals surface area contributed by atoms with E-state index in [9.17, 15) is 4.79 Å². The quantitative estimate of drug-likeness (QED) is 0.811. The summed E-state index contributed by atoms with van der Waals surface area (Å²) in [7, 11) is 0. The van der Waals surface area contributed by atoms with Gasteiger partial charge in [-0.3, -0.25) is 4.79 Å². The van der Waals surface area contributed by atoms with Crippen molar-refractivity contribution in [2.45, 2.75) is 45.6 Å². The van der Waals surface area contributed by atoms with Crippen LogP contribution < -0.4 is 5.32 Å². The Bertz CT molecular complexity index is 434. The van der Waals surface area contributed by atoms with E-state index in [-0.39, 0.29) is 30.4 Å². The first-order valence-electron chi connectivity index (χ1n) is 7.16. The van der Waals surface area contributed by atoms with Gasteiger partial charge in [0.1, 0.15) is 0 Å². The van der Waals surface area contributed by atoms with Crippen molar-refractivity contribution < 1.29 is 9.90 Å². The van der Waals surface area contributed by atoms with Crippen molar-refractivity contribution in [1.29, 1.82) is 0 Å². The Labute approximate surface area is 126 Å². The minimum absolute atomic E-state index is 0.00238. The van der Waals surface area contributed by atoms with E-state index >= 15 is 0 Å². The van der Waals surface area contributed by atoms with Gasteiger partial charge in [-0.1, -0.05) is 44.5 Å². The molecular formula is C16H24ClNO2. The first-order valence-corrected chi connectivity index (χ1v) is 7.54. The number of nitrogens with one attached hydrogen (secondary N) is 1. The molecule has 20 heavy (non-hydrogen) atoms. The molecule has 0 bridgehead atoms. The number of hydrogen-bond acceptors (Lipinski definition) is 2. The third-order valence-corrected chi connectivity index (χ3v) is 3.71. The van der Waals surface area contributed by atoms with Crippen molar-refractivity contribution in [3.8, 4) is 0 Å². The smallest absolute Gasteiger partial charge is 0.228 e. The van der Waals surface area contributed by atoms with E-state index in [0.29, 0.717) is 11.4 Å². The van der Waals surface area contributed by atoms with Crippen LogP contribution in [0.2, 0.25) is 5.02 Å². The second-order valence-corrected chi connectivity index (χ2v) is 5.84. The van der Waals surface area contributed by atoms with Crippen LogP contribution in [-0.2, 0) is 4.79 Å². The van der Waals surface area contributed by atoms with Crippen LogP contribution in [0.15, 0.2) is 24.3 Å². The fourth-order valence-corrected chi connectivity index (χ4v) is 2.56. The Morgan fingerprint density at radius 3 is 2.60 bits per heavy atom. The molecule has 2 unspecified atom stereocenters. The monoisotopic (exact) mass is 297 g/mol. The fourth-order valence-electron chi connectivity index (χ4n) is 2.36. The lowest BCUT2D eigenvalue weighted by Crippen LogP contribution is -2.39. The van der Waals surface area contributed by atoms with Crippen LogP contribution in [0.5, 0.6) is 0 Å². The predicted octanol–water partition coefficient (Wildman–Crippen LogP) is 3.36. The average molecular weight is 298 g/mol. The Hall–Kier alpha value is -1.06. The lowest BCUT2D eigenvalue weighted by atomic mass is 9.87. The molecule has 0 aliphatic rings. The summed E-state index contributed by atoms with van der Waals surface area (Å²) in [4.78, 5) is 12.5. The van der Waals surface area contributed by atoms with Gasteiger partial charge in [-0.15, -0.1) is 0 Å². The van der Waals surface area contributed by atoms with Crippen molar-refractivity contribution >= 4 is 17.5 Å². The highest BCUT2D eigenvalue weighted by Gasteiger charge is 2.25. The number of carbonyl (C=O) groups excluding carboxylic acids is 1. The standard InChI is InChI=1S/C16H24ClNO2/c1-4-14(8-9-19)18-16(20)15(11(2)3)12-6-5-7-13(17)10-12/h5-7,10-11,14-15,19H,4,8-9H2,1-3H3,(H,18,20).